The van der Waals surface area contributed by atoms with Gasteiger partial charge in [-0.25, -0.2) is 4.98 Å². The number of aliphatic hydroxyl groups is 2. The summed E-state index contributed by atoms with van der Waals surface area (Å²) in [6.07, 6.45) is -4.17. The van der Waals surface area contributed by atoms with E-state index >= 15 is 0 Å². The van der Waals surface area contributed by atoms with Gasteiger partial charge in [0.2, 0.25) is 5.28 Å². The summed E-state index contributed by atoms with van der Waals surface area (Å²) in [6.45, 7) is 0.897. The van der Waals surface area contributed by atoms with E-state index in [4.69, 9.17) is 30.6 Å². The minimum atomic E-state index is -4.81. The van der Waals surface area contributed by atoms with Gasteiger partial charge in [0.05, 0.1) is 12.1 Å². The number of anilines is 1. The fourth-order valence-electron chi connectivity index (χ4n) is 5.10. The van der Waals surface area contributed by atoms with Crippen LogP contribution in [0.2, 0.25) is 5.28 Å². The van der Waals surface area contributed by atoms with Crippen molar-refractivity contribution >= 4 is 43.5 Å². The summed E-state index contributed by atoms with van der Waals surface area (Å²) in [6, 6.07) is 15.4. The van der Waals surface area contributed by atoms with E-state index in [9.17, 15) is 24.2 Å². The molecule has 0 spiro atoms. The number of ether oxygens (including phenoxy) is 1. The summed E-state index contributed by atoms with van der Waals surface area (Å²) in [5.74, 6) is -0.323. The first-order chi connectivity index (χ1) is 18.4. The van der Waals surface area contributed by atoms with Crippen LogP contribution in [-0.2, 0) is 18.4 Å². The first kappa shape index (κ1) is 28.6. The van der Waals surface area contributed by atoms with Gasteiger partial charge in [-0.2, -0.15) is 4.98 Å². The van der Waals surface area contributed by atoms with E-state index in [-0.39, 0.29) is 5.28 Å². The Balaban J connectivity index is 1.34. The van der Waals surface area contributed by atoms with Crippen LogP contribution in [-0.4, -0.2) is 78.8 Å². The Morgan fingerprint density at radius 2 is 1.77 bits per heavy atom. The molecule has 0 amide bonds. The molecule has 0 bridgehead atoms. The normalized spacial score (nSPS) is 27.2. The Kier molecular flexibility index (Phi) is 8.16. The molecule has 3 heterocycles. The zero-order chi connectivity index (χ0) is 27.9. The Hall–Kier alpha value is -1.95. The van der Waals surface area contributed by atoms with Gasteiger partial charge in [0.1, 0.15) is 30.2 Å². The van der Waals surface area contributed by atoms with Gasteiger partial charge >= 0.3 is 15.2 Å². The lowest BCUT2D eigenvalue weighted by Crippen LogP contribution is -2.33. The predicted octanol–water partition coefficient (Wildman–Crippen LogP) is 2.78. The molecule has 2 fully saturated rings. The molecule has 6 atom stereocenters. The van der Waals surface area contributed by atoms with Crippen molar-refractivity contribution in [3.63, 3.8) is 0 Å². The van der Waals surface area contributed by atoms with Crippen LogP contribution in [0.3, 0.4) is 0 Å². The maximum absolute atomic E-state index is 12.0. The topological polar surface area (TPSA) is 183 Å². The molecule has 3 aromatic rings. The SMILES string of the molecule is O=P(O)(O)CP(=O)(O)OC[C@H]1O[C@@H](c2ccc3c(N4CCC(c5ccccc5)C4)nc(Cl)nc3c2)[C@H](O)[C@@H]1O. The molecule has 39 heavy (non-hydrogen) atoms. The highest BCUT2D eigenvalue weighted by molar-refractivity contribution is 7.70. The van der Waals surface area contributed by atoms with Gasteiger partial charge in [-0.15, -0.1) is 0 Å². The largest absolute Gasteiger partial charge is 0.387 e. The molecule has 0 saturated carbocycles. The van der Waals surface area contributed by atoms with E-state index in [2.05, 4.69) is 27.0 Å². The smallest absolute Gasteiger partial charge is 0.340 e. The average Bonchev–Trinajstić information content (AvgIpc) is 3.47. The molecule has 0 radical (unpaired) electrons. The Morgan fingerprint density at radius 3 is 2.49 bits per heavy atom. The van der Waals surface area contributed by atoms with Crippen LogP contribution in [0.5, 0.6) is 0 Å². The maximum atomic E-state index is 12.0. The van der Waals surface area contributed by atoms with Crippen molar-refractivity contribution in [1.82, 2.24) is 9.97 Å². The first-order valence-electron chi connectivity index (χ1n) is 12.2. The van der Waals surface area contributed by atoms with Gasteiger partial charge in [-0.05, 0) is 41.3 Å². The maximum Gasteiger partial charge on any atom is 0.340 e. The van der Waals surface area contributed by atoms with Gasteiger partial charge in [-0.3, -0.25) is 9.13 Å². The molecule has 5 N–H and O–H groups in total. The fourth-order valence-corrected chi connectivity index (χ4v) is 7.84. The van der Waals surface area contributed by atoms with Crippen LogP contribution in [0.1, 0.15) is 29.6 Å². The van der Waals surface area contributed by atoms with Crippen LogP contribution in [0.25, 0.3) is 10.9 Å². The highest BCUT2D eigenvalue weighted by atomic mass is 35.5. The molecule has 5 rings (SSSR count). The zero-order valence-corrected chi connectivity index (χ0v) is 23.1. The van der Waals surface area contributed by atoms with Crippen molar-refractivity contribution in [2.24, 2.45) is 0 Å². The third-order valence-corrected chi connectivity index (χ3v) is 10.6. The van der Waals surface area contributed by atoms with E-state index in [1.165, 1.54) is 5.56 Å². The number of hydrogen-bond acceptors (Lipinski definition) is 9. The van der Waals surface area contributed by atoms with Crippen molar-refractivity contribution in [2.45, 2.75) is 36.8 Å². The summed E-state index contributed by atoms with van der Waals surface area (Å²) < 4.78 is 33.5. The molecular weight excluding hydrogens is 572 g/mol. The highest BCUT2D eigenvalue weighted by Crippen LogP contribution is 2.55. The monoisotopic (exact) mass is 599 g/mol. The number of rotatable bonds is 8. The third-order valence-electron chi connectivity index (χ3n) is 6.93. The molecule has 210 valence electrons. The van der Waals surface area contributed by atoms with Crippen molar-refractivity contribution in [3.8, 4) is 0 Å². The Labute approximate surface area is 228 Å². The standard InChI is InChI=1S/C24H28ClN3O9P2/c25-24-26-18-10-15(22-21(30)20(29)19(37-22)12-36-39(34,35)13-38(31,32)33)6-7-17(18)23(27-24)28-9-8-16(11-28)14-4-2-1-3-5-14/h1-7,10,16,19-22,29-30H,8-9,11-13H2,(H,34,35)(H2,31,32,33)/t16?,19-,20-,21-,22+/m1/s1. The first-order valence-corrected chi connectivity index (χ1v) is 16.1. The Morgan fingerprint density at radius 1 is 1.03 bits per heavy atom. The zero-order valence-electron chi connectivity index (χ0n) is 20.5. The van der Waals surface area contributed by atoms with Crippen LogP contribution in [0, 0.1) is 0 Å². The van der Waals surface area contributed by atoms with Gasteiger partial charge in [0, 0.05) is 24.4 Å². The van der Waals surface area contributed by atoms with Crippen LogP contribution < -0.4 is 4.90 Å². The van der Waals surface area contributed by atoms with E-state index < -0.39 is 52.1 Å². The quantitative estimate of drug-likeness (QED) is 0.189. The number of aliphatic hydroxyl groups excluding tert-OH is 2. The van der Waals surface area contributed by atoms with Crippen molar-refractivity contribution in [1.29, 1.82) is 0 Å². The molecule has 2 unspecified atom stereocenters. The number of aromatic nitrogens is 2. The van der Waals surface area contributed by atoms with Crippen molar-refractivity contribution in [3.05, 3.63) is 64.9 Å². The second kappa shape index (κ2) is 11.1. The average molecular weight is 600 g/mol. The summed E-state index contributed by atoms with van der Waals surface area (Å²) in [5.41, 5.74) is 2.25. The van der Waals surface area contributed by atoms with Crippen molar-refractivity contribution < 1.29 is 43.3 Å². The van der Waals surface area contributed by atoms with Crippen LogP contribution >= 0.6 is 26.8 Å². The van der Waals surface area contributed by atoms with Gasteiger partial charge < -0.3 is 39.1 Å². The number of halogens is 1. The number of fused-ring (bicyclic) bond motifs is 1. The number of nitrogens with zero attached hydrogens (tertiary/aromatic N) is 3. The second-order valence-electron chi connectivity index (χ2n) is 9.75. The highest BCUT2D eigenvalue weighted by Gasteiger charge is 2.45. The molecule has 12 nitrogen and oxygen atoms in total. The number of hydrogen-bond donors (Lipinski definition) is 5. The second-order valence-corrected chi connectivity index (χ2v) is 14.1. The minimum Gasteiger partial charge on any atom is -0.387 e. The van der Waals surface area contributed by atoms with Gasteiger partial charge in [0.25, 0.3) is 0 Å². The Bertz CT molecular complexity index is 1440. The van der Waals surface area contributed by atoms with E-state index in [1.807, 2.05) is 18.2 Å². The molecule has 15 heteroatoms. The molecule has 1 aromatic heterocycles. The lowest BCUT2D eigenvalue weighted by Gasteiger charge is -2.21. The van der Waals surface area contributed by atoms with E-state index in [0.717, 1.165) is 24.9 Å². The summed E-state index contributed by atoms with van der Waals surface area (Å²) >= 11 is 6.28. The minimum absolute atomic E-state index is 0.0563. The van der Waals surface area contributed by atoms with E-state index in [0.29, 0.717) is 22.8 Å². The van der Waals surface area contributed by atoms with Gasteiger partial charge in [0.15, 0.2) is 5.90 Å². The lowest BCUT2D eigenvalue weighted by molar-refractivity contribution is -0.0186. The fraction of sp³-hybridized carbons (Fsp3) is 0.417. The molecule has 2 aliphatic rings. The summed E-state index contributed by atoms with van der Waals surface area (Å²) in [5, 5.41) is 21.9. The van der Waals surface area contributed by atoms with Crippen LogP contribution in [0.15, 0.2) is 48.5 Å². The molecule has 2 aromatic carbocycles. The van der Waals surface area contributed by atoms with E-state index in [1.54, 1.807) is 18.2 Å². The predicted molar refractivity (Wildman–Crippen MR) is 143 cm³/mol. The molecular formula is C24H28ClN3O9P2. The molecule has 0 aliphatic carbocycles. The molecule has 2 aliphatic heterocycles. The third kappa shape index (κ3) is 6.52. The summed E-state index contributed by atoms with van der Waals surface area (Å²) in [4.78, 5) is 38.6. The molecule has 2 saturated heterocycles. The number of benzene rings is 2. The van der Waals surface area contributed by atoms with Crippen LogP contribution in [0.4, 0.5) is 5.82 Å². The summed E-state index contributed by atoms with van der Waals surface area (Å²) in [7, 11) is -9.47. The lowest BCUT2D eigenvalue weighted by atomic mass is 9.99. The van der Waals surface area contributed by atoms with Crippen molar-refractivity contribution in [2.75, 3.05) is 30.5 Å². The van der Waals surface area contributed by atoms with Gasteiger partial charge in [-0.1, -0.05) is 36.4 Å².